The first-order valence-electron chi connectivity index (χ1n) is 9.40. The van der Waals surface area contributed by atoms with Gasteiger partial charge in [0.25, 0.3) is 5.91 Å². The second-order valence-corrected chi connectivity index (χ2v) is 7.94. The third-order valence-electron chi connectivity index (χ3n) is 4.85. The van der Waals surface area contributed by atoms with Crippen molar-refractivity contribution < 1.29 is 23.2 Å². The number of halogens is 2. The van der Waals surface area contributed by atoms with E-state index in [-0.39, 0.29) is 18.7 Å². The molecule has 2 aromatic carbocycles. The van der Waals surface area contributed by atoms with Crippen molar-refractivity contribution in [3.05, 3.63) is 82.6 Å². The number of nitrogens with one attached hydrogen (secondary N) is 1. The number of benzene rings is 2. The lowest BCUT2D eigenvalue weighted by Crippen LogP contribution is -2.46. The number of carbonyl (C=O) groups excluding carboxylic acids is 3. The summed E-state index contributed by atoms with van der Waals surface area (Å²) in [6, 6.07) is 12.3. The topological polar surface area (TPSA) is 69.7 Å². The van der Waals surface area contributed by atoms with Gasteiger partial charge in [0.05, 0.1) is 18.7 Å². The van der Waals surface area contributed by atoms with E-state index in [0.717, 1.165) is 21.9 Å². The predicted octanol–water partition coefficient (Wildman–Crippen LogP) is 4.39. The van der Waals surface area contributed by atoms with Gasteiger partial charge in [-0.25, -0.2) is 18.5 Å². The summed E-state index contributed by atoms with van der Waals surface area (Å²) in [7, 11) is 0. The Bertz CT molecular complexity index is 1100. The molecule has 1 N–H and O–H groups in total. The van der Waals surface area contributed by atoms with E-state index >= 15 is 0 Å². The highest BCUT2D eigenvalue weighted by Gasteiger charge is 2.44. The number of hydrogen-bond acceptors (Lipinski definition) is 4. The van der Waals surface area contributed by atoms with E-state index in [0.29, 0.717) is 5.69 Å². The molecule has 0 aliphatic carbocycles. The molecule has 4 rings (SSSR count). The van der Waals surface area contributed by atoms with E-state index in [4.69, 9.17) is 0 Å². The Morgan fingerprint density at radius 1 is 1.03 bits per heavy atom. The van der Waals surface area contributed by atoms with E-state index in [1.807, 2.05) is 17.5 Å². The minimum absolute atomic E-state index is 0.117. The molecule has 0 saturated carbocycles. The SMILES string of the molecule is O=C1C[C@H](N(Cc2cccs2)C(=O)Nc2ccc(F)cc2)C(=O)N1c1ccc(F)cc1. The van der Waals surface area contributed by atoms with E-state index in [1.54, 1.807) is 0 Å². The summed E-state index contributed by atoms with van der Waals surface area (Å²) in [6.45, 7) is 0.117. The predicted molar refractivity (Wildman–Crippen MR) is 113 cm³/mol. The van der Waals surface area contributed by atoms with Crippen molar-refractivity contribution in [3.8, 4) is 0 Å². The van der Waals surface area contributed by atoms with Gasteiger partial charge in [-0.2, -0.15) is 0 Å². The highest BCUT2D eigenvalue weighted by Crippen LogP contribution is 2.28. The minimum Gasteiger partial charge on any atom is -0.308 e. The zero-order chi connectivity index (χ0) is 22.0. The van der Waals surface area contributed by atoms with Crippen LogP contribution < -0.4 is 10.2 Å². The van der Waals surface area contributed by atoms with E-state index < -0.39 is 35.5 Å². The van der Waals surface area contributed by atoms with Crippen LogP contribution in [0.15, 0.2) is 66.0 Å². The van der Waals surface area contributed by atoms with Crippen LogP contribution in [0.2, 0.25) is 0 Å². The molecule has 31 heavy (non-hydrogen) atoms. The fourth-order valence-corrected chi connectivity index (χ4v) is 4.05. The Kier molecular flexibility index (Phi) is 5.77. The molecule has 1 aliphatic rings. The van der Waals surface area contributed by atoms with Gasteiger partial charge in [-0.1, -0.05) is 6.07 Å². The number of hydrogen-bond donors (Lipinski definition) is 1. The molecule has 0 unspecified atom stereocenters. The van der Waals surface area contributed by atoms with E-state index in [9.17, 15) is 23.2 Å². The lowest BCUT2D eigenvalue weighted by Gasteiger charge is -2.27. The average molecular weight is 441 g/mol. The molecule has 9 heteroatoms. The molecule has 158 valence electrons. The van der Waals surface area contributed by atoms with E-state index in [1.165, 1.54) is 52.6 Å². The van der Waals surface area contributed by atoms with Gasteiger partial charge in [0, 0.05) is 10.6 Å². The number of urea groups is 1. The number of rotatable bonds is 5. The second-order valence-electron chi connectivity index (χ2n) is 6.91. The highest BCUT2D eigenvalue weighted by atomic mass is 32.1. The van der Waals surface area contributed by atoms with E-state index in [2.05, 4.69) is 5.32 Å². The standard InChI is InChI=1S/C22H17F2N3O3S/c23-14-3-7-16(8-4-14)25-22(30)26(13-18-2-1-11-31-18)19-12-20(28)27(21(19)29)17-9-5-15(24)6-10-17/h1-11,19H,12-13H2,(H,25,30)/t19-/m0/s1. The molecular formula is C22H17F2N3O3S. The number of anilines is 2. The molecule has 3 aromatic rings. The van der Waals surface area contributed by atoms with Crippen molar-refractivity contribution in [2.45, 2.75) is 19.0 Å². The van der Waals surface area contributed by atoms with Crippen molar-refractivity contribution in [3.63, 3.8) is 0 Å². The average Bonchev–Trinajstić information content (AvgIpc) is 3.36. The molecular weight excluding hydrogens is 424 g/mol. The fraction of sp³-hybridized carbons (Fsp3) is 0.136. The third-order valence-corrected chi connectivity index (χ3v) is 5.71. The van der Waals surface area contributed by atoms with Gasteiger partial charge in [-0.05, 0) is 60.0 Å². The van der Waals surface area contributed by atoms with Crippen molar-refractivity contribution >= 4 is 40.6 Å². The van der Waals surface area contributed by atoms with Gasteiger partial charge < -0.3 is 10.2 Å². The number of carbonyl (C=O) groups is 3. The van der Waals surface area contributed by atoms with Gasteiger partial charge >= 0.3 is 6.03 Å². The summed E-state index contributed by atoms with van der Waals surface area (Å²) in [5.74, 6) is -1.98. The summed E-state index contributed by atoms with van der Waals surface area (Å²) in [6.07, 6.45) is -0.196. The van der Waals surface area contributed by atoms with Crippen molar-refractivity contribution in [2.24, 2.45) is 0 Å². The lowest BCUT2D eigenvalue weighted by atomic mass is 10.2. The Morgan fingerprint density at radius 3 is 2.29 bits per heavy atom. The van der Waals surface area contributed by atoms with Crippen LogP contribution in [0, 0.1) is 11.6 Å². The summed E-state index contributed by atoms with van der Waals surface area (Å²) >= 11 is 1.41. The third kappa shape index (κ3) is 4.46. The fourth-order valence-electron chi connectivity index (χ4n) is 3.34. The zero-order valence-corrected chi connectivity index (χ0v) is 16.9. The first-order chi connectivity index (χ1) is 14.9. The van der Waals surface area contributed by atoms with Crippen LogP contribution in [0.3, 0.4) is 0 Å². The van der Waals surface area contributed by atoms with Crippen LogP contribution in [0.1, 0.15) is 11.3 Å². The summed E-state index contributed by atoms with van der Waals surface area (Å²) in [4.78, 5) is 41.9. The molecule has 0 spiro atoms. The molecule has 1 atom stereocenters. The maximum Gasteiger partial charge on any atom is 0.322 e. The highest BCUT2D eigenvalue weighted by molar-refractivity contribution is 7.09. The zero-order valence-electron chi connectivity index (χ0n) is 16.1. The molecule has 1 aliphatic heterocycles. The molecule has 4 amide bonds. The lowest BCUT2D eigenvalue weighted by molar-refractivity contribution is -0.122. The smallest absolute Gasteiger partial charge is 0.308 e. The number of amides is 4. The van der Waals surface area contributed by atoms with Crippen LogP contribution in [0.25, 0.3) is 0 Å². The van der Waals surface area contributed by atoms with Crippen LogP contribution in [-0.2, 0) is 16.1 Å². The first-order valence-corrected chi connectivity index (χ1v) is 10.3. The largest absolute Gasteiger partial charge is 0.322 e. The monoisotopic (exact) mass is 441 g/mol. The number of nitrogens with zero attached hydrogens (tertiary/aromatic N) is 2. The van der Waals surface area contributed by atoms with Gasteiger partial charge in [0.2, 0.25) is 5.91 Å². The summed E-state index contributed by atoms with van der Waals surface area (Å²) < 4.78 is 26.4. The van der Waals surface area contributed by atoms with Gasteiger partial charge in [-0.3, -0.25) is 9.59 Å². The van der Waals surface area contributed by atoms with Crippen LogP contribution in [0.4, 0.5) is 25.0 Å². The van der Waals surface area contributed by atoms with Gasteiger partial charge in [0.15, 0.2) is 0 Å². The van der Waals surface area contributed by atoms with Crippen LogP contribution in [-0.4, -0.2) is 28.8 Å². The number of imide groups is 1. The normalized spacial score (nSPS) is 15.9. The van der Waals surface area contributed by atoms with Gasteiger partial charge in [-0.15, -0.1) is 11.3 Å². The molecule has 1 aromatic heterocycles. The van der Waals surface area contributed by atoms with Crippen molar-refractivity contribution in [2.75, 3.05) is 10.2 Å². The first kappa shape index (κ1) is 20.7. The summed E-state index contributed by atoms with van der Waals surface area (Å²) in [5.41, 5.74) is 0.601. The molecule has 2 heterocycles. The minimum atomic E-state index is -1.03. The molecule has 1 saturated heterocycles. The molecule has 1 fully saturated rings. The van der Waals surface area contributed by atoms with Gasteiger partial charge in [0.1, 0.15) is 17.7 Å². The molecule has 0 radical (unpaired) electrons. The van der Waals surface area contributed by atoms with Crippen LogP contribution in [0.5, 0.6) is 0 Å². The van der Waals surface area contributed by atoms with Crippen molar-refractivity contribution in [1.82, 2.24) is 4.90 Å². The quantitative estimate of drug-likeness (QED) is 0.597. The Morgan fingerprint density at radius 2 is 1.68 bits per heavy atom. The second kappa shape index (κ2) is 8.65. The Labute approximate surface area is 180 Å². The maximum atomic E-state index is 13.3. The number of thiophene rings is 1. The van der Waals surface area contributed by atoms with Crippen LogP contribution >= 0.6 is 11.3 Å². The Balaban J connectivity index is 1.60. The Hall–Kier alpha value is -3.59. The summed E-state index contributed by atoms with van der Waals surface area (Å²) in [5, 5.41) is 4.49. The maximum absolute atomic E-state index is 13.3. The van der Waals surface area contributed by atoms with Crippen molar-refractivity contribution in [1.29, 1.82) is 0 Å². The molecule has 6 nitrogen and oxygen atoms in total. The molecule has 0 bridgehead atoms.